The second-order valence-electron chi connectivity index (χ2n) is 5.94. The minimum atomic E-state index is -0.335. The summed E-state index contributed by atoms with van der Waals surface area (Å²) in [5.41, 5.74) is 7.33. The Bertz CT molecular complexity index is 713. The number of hydrogen-bond acceptors (Lipinski definition) is 3. The van der Waals surface area contributed by atoms with E-state index in [0.29, 0.717) is 32.5 Å². The van der Waals surface area contributed by atoms with Crippen LogP contribution < -0.4 is 11.1 Å². The number of urea groups is 1. The number of primary amides is 1. The largest absolute Gasteiger partial charge is 0.369 e. The smallest absolute Gasteiger partial charge is 0.317 e. The summed E-state index contributed by atoms with van der Waals surface area (Å²) in [5, 5.41) is 7.21. The van der Waals surface area contributed by atoms with E-state index in [4.69, 9.17) is 5.73 Å². The van der Waals surface area contributed by atoms with Crippen molar-refractivity contribution in [1.82, 2.24) is 20.0 Å². The zero-order valence-corrected chi connectivity index (χ0v) is 13.4. The molecule has 1 atom stereocenters. The summed E-state index contributed by atoms with van der Waals surface area (Å²) in [6.45, 7) is 1.51. The van der Waals surface area contributed by atoms with Crippen LogP contribution in [0.25, 0.3) is 5.69 Å². The van der Waals surface area contributed by atoms with Gasteiger partial charge < -0.3 is 16.0 Å². The Morgan fingerprint density at radius 2 is 2.08 bits per heavy atom. The topological polar surface area (TPSA) is 93.2 Å². The van der Waals surface area contributed by atoms with Gasteiger partial charge in [-0.15, -0.1) is 0 Å². The van der Waals surface area contributed by atoms with Crippen LogP contribution in [0.3, 0.4) is 0 Å². The lowest BCUT2D eigenvalue weighted by Crippen LogP contribution is -2.40. The third-order valence-corrected chi connectivity index (χ3v) is 4.22. The molecule has 2 aromatic rings. The van der Waals surface area contributed by atoms with Crippen LogP contribution in [-0.2, 0) is 11.2 Å². The van der Waals surface area contributed by atoms with Crippen molar-refractivity contribution in [3.8, 4) is 5.69 Å². The van der Waals surface area contributed by atoms with Crippen molar-refractivity contribution in [3.63, 3.8) is 0 Å². The van der Waals surface area contributed by atoms with Crippen molar-refractivity contribution in [3.05, 3.63) is 48.3 Å². The second kappa shape index (κ2) is 7.16. The summed E-state index contributed by atoms with van der Waals surface area (Å²) in [5.74, 6) is -0.557. The maximum Gasteiger partial charge on any atom is 0.317 e. The van der Waals surface area contributed by atoms with Gasteiger partial charge in [-0.2, -0.15) is 5.10 Å². The van der Waals surface area contributed by atoms with Gasteiger partial charge in [0, 0.05) is 25.8 Å². The van der Waals surface area contributed by atoms with Gasteiger partial charge in [-0.05, 0) is 30.5 Å². The SMILES string of the molecule is NC(=O)[C@H]1CCN(C(=O)NCCc2cnn(-c3ccccc3)c2)C1. The number of para-hydroxylation sites is 1. The molecular weight excluding hydrogens is 306 g/mol. The number of amides is 3. The van der Waals surface area contributed by atoms with Crippen molar-refractivity contribution in [2.75, 3.05) is 19.6 Å². The lowest BCUT2D eigenvalue weighted by atomic mass is 10.1. The zero-order chi connectivity index (χ0) is 16.9. The highest BCUT2D eigenvalue weighted by Gasteiger charge is 2.29. The molecule has 1 aliphatic rings. The molecule has 24 heavy (non-hydrogen) atoms. The van der Waals surface area contributed by atoms with E-state index >= 15 is 0 Å². The van der Waals surface area contributed by atoms with Crippen LogP contribution in [0.1, 0.15) is 12.0 Å². The fourth-order valence-corrected chi connectivity index (χ4v) is 2.81. The Hall–Kier alpha value is -2.83. The van der Waals surface area contributed by atoms with Crippen molar-refractivity contribution < 1.29 is 9.59 Å². The molecule has 0 bridgehead atoms. The van der Waals surface area contributed by atoms with Crippen LogP contribution in [0, 0.1) is 5.92 Å². The van der Waals surface area contributed by atoms with Gasteiger partial charge in [0.2, 0.25) is 5.91 Å². The Labute approximate surface area is 140 Å². The molecule has 0 radical (unpaired) electrons. The maximum atomic E-state index is 12.1. The van der Waals surface area contributed by atoms with Crippen molar-refractivity contribution >= 4 is 11.9 Å². The average molecular weight is 327 g/mol. The first kappa shape index (κ1) is 16.0. The first-order chi connectivity index (χ1) is 11.6. The van der Waals surface area contributed by atoms with Crippen LogP contribution in [-0.4, -0.2) is 46.3 Å². The Morgan fingerprint density at radius 3 is 2.79 bits per heavy atom. The molecule has 1 saturated heterocycles. The fourth-order valence-electron chi connectivity index (χ4n) is 2.81. The van der Waals surface area contributed by atoms with E-state index in [1.54, 1.807) is 11.1 Å². The van der Waals surface area contributed by atoms with Crippen LogP contribution in [0.15, 0.2) is 42.7 Å². The van der Waals surface area contributed by atoms with Gasteiger partial charge >= 0.3 is 6.03 Å². The summed E-state index contributed by atoms with van der Waals surface area (Å²) in [7, 11) is 0. The Morgan fingerprint density at radius 1 is 1.29 bits per heavy atom. The lowest BCUT2D eigenvalue weighted by molar-refractivity contribution is -0.121. The van der Waals surface area contributed by atoms with Gasteiger partial charge in [-0.25, -0.2) is 9.48 Å². The maximum absolute atomic E-state index is 12.1. The van der Waals surface area contributed by atoms with E-state index in [2.05, 4.69) is 10.4 Å². The number of nitrogens with one attached hydrogen (secondary N) is 1. The minimum absolute atomic E-state index is 0.144. The van der Waals surface area contributed by atoms with Crippen LogP contribution in [0.4, 0.5) is 4.79 Å². The van der Waals surface area contributed by atoms with E-state index < -0.39 is 0 Å². The minimum Gasteiger partial charge on any atom is -0.369 e. The van der Waals surface area contributed by atoms with E-state index in [0.717, 1.165) is 11.3 Å². The van der Waals surface area contributed by atoms with Crippen molar-refractivity contribution in [1.29, 1.82) is 0 Å². The van der Waals surface area contributed by atoms with E-state index in [-0.39, 0.29) is 17.9 Å². The monoisotopic (exact) mass is 327 g/mol. The van der Waals surface area contributed by atoms with E-state index in [9.17, 15) is 9.59 Å². The highest BCUT2D eigenvalue weighted by Crippen LogP contribution is 2.15. The Balaban J connectivity index is 1.46. The number of nitrogens with two attached hydrogens (primary N) is 1. The molecule has 7 heteroatoms. The zero-order valence-electron chi connectivity index (χ0n) is 13.4. The normalized spacial score (nSPS) is 17.0. The molecule has 126 valence electrons. The molecular formula is C17H21N5O2. The highest BCUT2D eigenvalue weighted by molar-refractivity contribution is 5.80. The summed E-state index contributed by atoms with van der Waals surface area (Å²) in [6, 6.07) is 9.72. The molecule has 0 spiro atoms. The summed E-state index contributed by atoms with van der Waals surface area (Å²) in [4.78, 5) is 24.9. The van der Waals surface area contributed by atoms with Crippen molar-refractivity contribution in [2.45, 2.75) is 12.8 Å². The van der Waals surface area contributed by atoms with Gasteiger partial charge in [-0.3, -0.25) is 4.79 Å². The van der Waals surface area contributed by atoms with Gasteiger partial charge in [0.25, 0.3) is 0 Å². The average Bonchev–Trinajstić information content (AvgIpc) is 3.25. The van der Waals surface area contributed by atoms with Gasteiger partial charge in [0.1, 0.15) is 0 Å². The molecule has 3 N–H and O–H groups in total. The van der Waals surface area contributed by atoms with Crippen LogP contribution in [0.5, 0.6) is 0 Å². The molecule has 3 amide bonds. The number of hydrogen-bond donors (Lipinski definition) is 2. The van der Waals surface area contributed by atoms with Gasteiger partial charge in [-0.1, -0.05) is 18.2 Å². The van der Waals surface area contributed by atoms with E-state index in [1.165, 1.54) is 0 Å². The molecule has 1 aliphatic heterocycles. The molecule has 1 fully saturated rings. The molecule has 0 saturated carbocycles. The predicted octanol–water partition coefficient (Wildman–Crippen LogP) is 0.932. The fraction of sp³-hybridized carbons (Fsp3) is 0.353. The second-order valence-corrected chi connectivity index (χ2v) is 5.94. The number of likely N-dealkylation sites (tertiary alicyclic amines) is 1. The summed E-state index contributed by atoms with van der Waals surface area (Å²) < 4.78 is 1.81. The number of carbonyl (C=O) groups excluding carboxylic acids is 2. The number of nitrogens with zero attached hydrogens (tertiary/aromatic N) is 3. The van der Waals surface area contributed by atoms with Crippen LogP contribution in [0.2, 0.25) is 0 Å². The van der Waals surface area contributed by atoms with Crippen LogP contribution >= 0.6 is 0 Å². The quantitative estimate of drug-likeness (QED) is 0.855. The third kappa shape index (κ3) is 3.73. The molecule has 1 aromatic carbocycles. The standard InChI is InChI=1S/C17H21N5O2/c18-16(23)14-7-9-21(12-14)17(24)19-8-6-13-10-20-22(11-13)15-4-2-1-3-5-15/h1-5,10-11,14H,6-9,12H2,(H2,18,23)(H,19,24)/t14-/m0/s1. The molecule has 3 rings (SSSR count). The van der Waals surface area contributed by atoms with Crippen molar-refractivity contribution in [2.24, 2.45) is 11.7 Å². The van der Waals surface area contributed by atoms with E-state index in [1.807, 2.05) is 41.2 Å². The number of benzene rings is 1. The third-order valence-electron chi connectivity index (χ3n) is 4.22. The Kier molecular flexibility index (Phi) is 4.79. The first-order valence-electron chi connectivity index (χ1n) is 8.04. The number of carbonyl (C=O) groups is 2. The highest BCUT2D eigenvalue weighted by atomic mass is 16.2. The summed E-state index contributed by atoms with van der Waals surface area (Å²) >= 11 is 0. The van der Waals surface area contributed by atoms with Gasteiger partial charge in [0.15, 0.2) is 0 Å². The predicted molar refractivity (Wildman–Crippen MR) is 89.5 cm³/mol. The molecule has 0 aliphatic carbocycles. The van der Waals surface area contributed by atoms with Gasteiger partial charge in [0.05, 0.1) is 17.8 Å². The molecule has 7 nitrogen and oxygen atoms in total. The summed E-state index contributed by atoms with van der Waals surface area (Å²) in [6.07, 6.45) is 5.11. The lowest BCUT2D eigenvalue weighted by Gasteiger charge is -2.16. The number of aromatic nitrogens is 2. The molecule has 0 unspecified atom stereocenters. The first-order valence-corrected chi connectivity index (χ1v) is 8.04. The molecule has 1 aromatic heterocycles. The molecule has 2 heterocycles. The number of rotatable bonds is 5.